The molecule has 0 spiro atoms. The van der Waals surface area contributed by atoms with Crippen LogP contribution >= 0.6 is 0 Å². The molecule has 1 atom stereocenters. The first-order valence-corrected chi connectivity index (χ1v) is 11.3. The number of anilines is 1. The average molecular weight is 418 g/mol. The van der Waals surface area contributed by atoms with E-state index in [0.717, 1.165) is 24.1 Å². The van der Waals surface area contributed by atoms with Crippen LogP contribution in [0, 0.1) is 5.82 Å². The molecule has 8 heteroatoms. The number of sulfonamides is 1. The standard InChI is InChI=1S/C21H24FN3O3S/c1-14(18-4-2-3-5-19(18)22)25(16-6-7-16)13-21(26)24-11-10-15-12-17(29(23,27)28)8-9-20(15)24/h2-5,8-9,12,14,16H,6-7,10-11,13H2,1H3,(H2,23,27,28). The number of hydrogen-bond acceptors (Lipinski definition) is 4. The first-order chi connectivity index (χ1) is 13.8. The Labute approximate surface area is 170 Å². The molecule has 1 unspecified atom stereocenters. The number of amides is 1. The molecule has 0 aromatic heterocycles. The zero-order valence-corrected chi connectivity index (χ0v) is 17.0. The third-order valence-corrected chi connectivity index (χ3v) is 6.67. The molecule has 154 valence electrons. The SMILES string of the molecule is CC(c1ccccc1F)N(CC(=O)N1CCc2cc(S(N)(=O)=O)ccc21)C1CC1. The monoisotopic (exact) mass is 417 g/mol. The van der Waals surface area contributed by atoms with Gasteiger partial charge in [0, 0.05) is 29.9 Å². The zero-order chi connectivity index (χ0) is 20.8. The maximum Gasteiger partial charge on any atom is 0.241 e. The number of fused-ring (bicyclic) bond motifs is 1. The largest absolute Gasteiger partial charge is 0.311 e. The van der Waals surface area contributed by atoms with E-state index < -0.39 is 10.0 Å². The fourth-order valence-electron chi connectivity index (χ4n) is 4.04. The highest BCUT2D eigenvalue weighted by Gasteiger charge is 2.36. The summed E-state index contributed by atoms with van der Waals surface area (Å²) < 4.78 is 37.4. The highest BCUT2D eigenvalue weighted by Crippen LogP contribution is 2.36. The maximum absolute atomic E-state index is 14.3. The number of primary sulfonamides is 1. The molecule has 1 saturated carbocycles. The molecule has 0 radical (unpaired) electrons. The maximum atomic E-state index is 14.3. The van der Waals surface area contributed by atoms with E-state index in [1.807, 2.05) is 13.0 Å². The van der Waals surface area contributed by atoms with Crippen molar-refractivity contribution >= 4 is 21.6 Å². The summed E-state index contributed by atoms with van der Waals surface area (Å²) in [5.74, 6) is -0.331. The minimum Gasteiger partial charge on any atom is -0.311 e. The van der Waals surface area contributed by atoms with Crippen LogP contribution in [0.15, 0.2) is 47.4 Å². The number of carbonyl (C=O) groups is 1. The van der Waals surface area contributed by atoms with Gasteiger partial charge in [0.2, 0.25) is 15.9 Å². The number of carbonyl (C=O) groups excluding carboxylic acids is 1. The van der Waals surface area contributed by atoms with Gasteiger partial charge in [0.05, 0.1) is 11.4 Å². The molecule has 4 rings (SSSR count). The van der Waals surface area contributed by atoms with Crippen LogP contribution in [-0.2, 0) is 21.2 Å². The summed E-state index contributed by atoms with van der Waals surface area (Å²) in [5, 5.41) is 5.21. The van der Waals surface area contributed by atoms with Crippen LogP contribution in [0.1, 0.15) is 36.9 Å². The number of halogens is 1. The van der Waals surface area contributed by atoms with Gasteiger partial charge in [-0.2, -0.15) is 0 Å². The Balaban J connectivity index is 1.54. The summed E-state index contributed by atoms with van der Waals surface area (Å²) >= 11 is 0. The van der Waals surface area contributed by atoms with Crippen molar-refractivity contribution in [2.24, 2.45) is 5.14 Å². The van der Waals surface area contributed by atoms with Gasteiger partial charge < -0.3 is 4.90 Å². The van der Waals surface area contributed by atoms with E-state index in [9.17, 15) is 17.6 Å². The fourth-order valence-corrected chi connectivity index (χ4v) is 4.60. The summed E-state index contributed by atoms with van der Waals surface area (Å²) in [5.41, 5.74) is 2.11. The van der Waals surface area contributed by atoms with E-state index in [-0.39, 0.29) is 35.2 Å². The lowest BCUT2D eigenvalue weighted by Crippen LogP contribution is -2.42. The van der Waals surface area contributed by atoms with Crippen molar-refractivity contribution in [1.82, 2.24) is 4.90 Å². The van der Waals surface area contributed by atoms with Crippen LogP contribution in [0.5, 0.6) is 0 Å². The summed E-state index contributed by atoms with van der Waals surface area (Å²) in [6, 6.07) is 11.4. The molecular weight excluding hydrogens is 393 g/mol. The molecule has 0 saturated heterocycles. The minimum absolute atomic E-state index is 0.0540. The Bertz CT molecular complexity index is 1050. The Morgan fingerprint density at radius 3 is 2.66 bits per heavy atom. The number of benzene rings is 2. The molecular formula is C21H24FN3O3S. The van der Waals surface area contributed by atoms with Crippen LogP contribution < -0.4 is 10.0 Å². The Hall–Kier alpha value is -2.29. The molecule has 1 heterocycles. The van der Waals surface area contributed by atoms with Crippen LogP contribution in [0.2, 0.25) is 0 Å². The molecule has 1 aliphatic carbocycles. The number of nitrogens with zero attached hydrogens (tertiary/aromatic N) is 2. The van der Waals surface area contributed by atoms with Crippen LogP contribution in [0.4, 0.5) is 10.1 Å². The zero-order valence-electron chi connectivity index (χ0n) is 16.2. The van der Waals surface area contributed by atoms with Gasteiger partial charge in [-0.25, -0.2) is 17.9 Å². The topological polar surface area (TPSA) is 83.7 Å². The summed E-state index contributed by atoms with van der Waals surface area (Å²) in [4.78, 5) is 16.9. The van der Waals surface area contributed by atoms with E-state index in [2.05, 4.69) is 4.90 Å². The first-order valence-electron chi connectivity index (χ1n) is 9.72. The Morgan fingerprint density at radius 2 is 2.00 bits per heavy atom. The van der Waals surface area contributed by atoms with Gasteiger partial charge in [-0.05, 0) is 56.0 Å². The van der Waals surface area contributed by atoms with Gasteiger partial charge in [0.15, 0.2) is 0 Å². The van der Waals surface area contributed by atoms with Crippen LogP contribution in [0.3, 0.4) is 0 Å². The molecule has 6 nitrogen and oxygen atoms in total. The lowest BCUT2D eigenvalue weighted by atomic mass is 10.1. The number of rotatable bonds is 6. The predicted octanol–water partition coefficient (Wildman–Crippen LogP) is 2.59. The quantitative estimate of drug-likeness (QED) is 0.783. The molecule has 2 aromatic rings. The van der Waals surface area contributed by atoms with Crippen LogP contribution in [-0.4, -0.2) is 38.4 Å². The van der Waals surface area contributed by atoms with E-state index in [4.69, 9.17) is 5.14 Å². The molecule has 2 N–H and O–H groups in total. The minimum atomic E-state index is -3.78. The van der Waals surface area contributed by atoms with Gasteiger partial charge in [0.25, 0.3) is 0 Å². The fraction of sp³-hybridized carbons (Fsp3) is 0.381. The molecule has 1 amide bonds. The normalized spacial score (nSPS) is 17.4. The van der Waals surface area contributed by atoms with E-state index >= 15 is 0 Å². The number of hydrogen-bond donors (Lipinski definition) is 1. The van der Waals surface area contributed by atoms with Gasteiger partial charge in [-0.3, -0.25) is 9.69 Å². The highest BCUT2D eigenvalue weighted by molar-refractivity contribution is 7.89. The third-order valence-electron chi connectivity index (χ3n) is 5.76. The van der Waals surface area contributed by atoms with Gasteiger partial charge in [0.1, 0.15) is 5.82 Å². The van der Waals surface area contributed by atoms with Crippen molar-refractivity contribution in [2.75, 3.05) is 18.0 Å². The molecule has 1 fully saturated rings. The average Bonchev–Trinajstić information content (AvgIpc) is 3.43. The van der Waals surface area contributed by atoms with Crippen molar-refractivity contribution in [3.8, 4) is 0 Å². The Kier molecular flexibility index (Phi) is 5.18. The van der Waals surface area contributed by atoms with E-state index in [1.54, 1.807) is 29.2 Å². The van der Waals surface area contributed by atoms with Gasteiger partial charge in [-0.15, -0.1) is 0 Å². The van der Waals surface area contributed by atoms with E-state index in [0.29, 0.717) is 18.5 Å². The molecule has 2 aliphatic rings. The van der Waals surface area contributed by atoms with Gasteiger partial charge in [-0.1, -0.05) is 18.2 Å². The smallest absolute Gasteiger partial charge is 0.241 e. The van der Waals surface area contributed by atoms with Crippen LogP contribution in [0.25, 0.3) is 0 Å². The second-order valence-electron chi connectivity index (χ2n) is 7.73. The molecule has 0 bridgehead atoms. The van der Waals surface area contributed by atoms with Crippen molar-refractivity contribution in [3.05, 3.63) is 59.4 Å². The van der Waals surface area contributed by atoms with Crippen molar-refractivity contribution < 1.29 is 17.6 Å². The molecule has 29 heavy (non-hydrogen) atoms. The summed E-state index contributed by atoms with van der Waals surface area (Å²) in [7, 11) is -3.78. The lowest BCUT2D eigenvalue weighted by Gasteiger charge is -2.31. The number of nitrogens with two attached hydrogens (primary N) is 1. The predicted molar refractivity (Wildman–Crippen MR) is 108 cm³/mol. The van der Waals surface area contributed by atoms with Crippen molar-refractivity contribution in [3.63, 3.8) is 0 Å². The highest BCUT2D eigenvalue weighted by atomic mass is 32.2. The van der Waals surface area contributed by atoms with Crippen molar-refractivity contribution in [1.29, 1.82) is 0 Å². The molecule has 1 aliphatic heterocycles. The third kappa shape index (κ3) is 4.05. The van der Waals surface area contributed by atoms with Crippen molar-refractivity contribution in [2.45, 2.75) is 43.2 Å². The second kappa shape index (κ2) is 7.51. The lowest BCUT2D eigenvalue weighted by molar-refractivity contribution is -0.120. The summed E-state index contributed by atoms with van der Waals surface area (Å²) in [6.07, 6.45) is 2.58. The second-order valence-corrected chi connectivity index (χ2v) is 9.29. The Morgan fingerprint density at radius 1 is 1.28 bits per heavy atom. The van der Waals surface area contributed by atoms with E-state index in [1.165, 1.54) is 12.1 Å². The summed E-state index contributed by atoms with van der Waals surface area (Å²) in [6.45, 7) is 2.62. The first kappa shape index (κ1) is 20.0. The van der Waals surface area contributed by atoms with Gasteiger partial charge >= 0.3 is 0 Å². The molecule has 2 aromatic carbocycles.